The number of anilines is 8. The van der Waals surface area contributed by atoms with E-state index in [0.717, 1.165) is 0 Å². The maximum absolute atomic E-state index is 15.6. The molecule has 0 saturated heterocycles. The molecule has 0 unspecified atom stereocenters. The van der Waals surface area contributed by atoms with E-state index in [2.05, 4.69) is 0 Å². The number of aryl methyl sites for hydroxylation is 8. The van der Waals surface area contributed by atoms with E-state index >= 15 is 26.3 Å². The summed E-state index contributed by atoms with van der Waals surface area (Å²) in [4.78, 5) is 7.36. The first-order chi connectivity index (χ1) is 26.5. The Labute approximate surface area is 322 Å². The highest BCUT2D eigenvalue weighted by Crippen LogP contribution is 2.58. The summed E-state index contributed by atoms with van der Waals surface area (Å²) in [5, 5.41) is 0. The van der Waals surface area contributed by atoms with Gasteiger partial charge in [-0.1, -0.05) is 0 Å². The summed E-state index contributed by atoms with van der Waals surface area (Å²) >= 11 is 0. The Kier molecular flexibility index (Phi) is 8.71. The van der Waals surface area contributed by atoms with Gasteiger partial charge < -0.3 is 0 Å². The molecule has 6 aromatic carbocycles. The normalized spacial score (nSPS) is 15.0. The Morgan fingerprint density at radius 3 is 1.04 bits per heavy atom. The van der Waals surface area contributed by atoms with Crippen LogP contribution in [0.25, 0.3) is 0 Å². The molecule has 0 N–H and O–H groups in total. The van der Waals surface area contributed by atoms with Crippen LogP contribution in [-0.4, -0.2) is 0 Å². The first kappa shape index (κ1) is 36.8. The molecule has 0 saturated carbocycles. The lowest BCUT2D eigenvalue weighted by Crippen LogP contribution is -2.34. The topological polar surface area (TPSA) is 13.0 Å². The first-order valence-electron chi connectivity index (χ1n) is 18.2. The summed E-state index contributed by atoms with van der Waals surface area (Å²) in [7, 11) is 0. The second-order valence-corrected chi connectivity index (χ2v) is 14.8. The molecule has 2 heterocycles. The monoisotopic (exact) mass is 760 g/mol. The van der Waals surface area contributed by atoms with Crippen LogP contribution in [0.3, 0.4) is 0 Å². The molecule has 2 aliphatic rings. The van der Waals surface area contributed by atoms with E-state index in [4.69, 9.17) is 0 Å². The molecule has 0 aliphatic carbocycles. The zero-order valence-electron chi connectivity index (χ0n) is 32.1. The van der Waals surface area contributed by atoms with Gasteiger partial charge in [-0.25, -0.2) is 26.3 Å². The Balaban J connectivity index is 1.61. The van der Waals surface area contributed by atoms with Crippen molar-refractivity contribution in [3.63, 3.8) is 0 Å². The smallest absolute Gasteiger partial charge is 0.166 e. The number of hydrogen-bond acceptors (Lipinski definition) is 4. The highest BCUT2D eigenvalue weighted by molar-refractivity contribution is 6.00. The Hall–Kier alpha value is -6.16. The van der Waals surface area contributed by atoms with Crippen LogP contribution >= 0.6 is 0 Å². The van der Waals surface area contributed by atoms with Gasteiger partial charge in [0.15, 0.2) is 11.6 Å². The van der Waals surface area contributed by atoms with Gasteiger partial charge in [-0.3, -0.25) is 19.6 Å². The Bertz CT molecular complexity index is 2620. The van der Waals surface area contributed by atoms with E-state index in [9.17, 15) is 0 Å². The van der Waals surface area contributed by atoms with Crippen LogP contribution in [0.2, 0.25) is 0 Å². The molecular weight excluding hydrogens is 723 g/mol. The van der Waals surface area contributed by atoms with Gasteiger partial charge in [0.05, 0.1) is 28.4 Å². The SMILES string of the molecule is Cc1cc(N2/C(=C3\N(c4cc(C)c(F)c(C)c4)c4ccc(F)cc4N3c3cc(C)c(F)c(C)c3)N(c3cc(C)c(F)c(C)c3)c3ccc(F)cc32)c(C)cc1F. The van der Waals surface area contributed by atoms with Gasteiger partial charge in [0.2, 0.25) is 0 Å². The van der Waals surface area contributed by atoms with Crippen molar-refractivity contribution in [1.29, 1.82) is 0 Å². The molecule has 0 bridgehead atoms. The van der Waals surface area contributed by atoms with Crippen LogP contribution < -0.4 is 19.6 Å². The molecule has 0 atom stereocenters. The van der Waals surface area contributed by atoms with Crippen molar-refractivity contribution >= 4 is 45.5 Å². The van der Waals surface area contributed by atoms with Crippen molar-refractivity contribution in [3.8, 4) is 0 Å². The standard InChI is InChI=1S/C46H38F6N4/c1-23-20-39(24(2)19-36(23)49)56-41-22-32(48)10-12-38(41)54(34-15-27(5)43(51)28(6)16-34)46(56)45-53(33-13-25(3)42(50)26(4)14-33)37-11-9-31(47)21-40(37)55(45)35-17-29(7)44(52)30(8)18-35/h9-22H,1-8H3/b46-45+. The maximum Gasteiger partial charge on any atom is 0.166 e. The number of hydrogen-bond donors (Lipinski definition) is 0. The number of fused-ring (bicyclic) bond motifs is 2. The van der Waals surface area contributed by atoms with Crippen molar-refractivity contribution in [1.82, 2.24) is 0 Å². The first-order valence-corrected chi connectivity index (χ1v) is 18.2. The zero-order valence-corrected chi connectivity index (χ0v) is 32.1. The van der Waals surface area contributed by atoms with E-state index in [1.807, 2.05) is 14.7 Å². The molecular formula is C46H38F6N4. The van der Waals surface area contributed by atoms with Crippen LogP contribution in [0, 0.1) is 90.3 Å². The quantitative estimate of drug-likeness (QED) is 0.166. The lowest BCUT2D eigenvalue weighted by atomic mass is 10.1. The predicted octanol–water partition coefficient (Wildman–Crippen LogP) is 13.4. The zero-order chi connectivity index (χ0) is 40.1. The van der Waals surface area contributed by atoms with Crippen molar-refractivity contribution < 1.29 is 26.3 Å². The van der Waals surface area contributed by atoms with E-state index < -0.39 is 23.3 Å². The molecule has 56 heavy (non-hydrogen) atoms. The van der Waals surface area contributed by atoms with Gasteiger partial charge in [-0.05, 0) is 173 Å². The third-order valence-corrected chi connectivity index (χ3v) is 10.6. The third kappa shape index (κ3) is 5.69. The summed E-state index contributed by atoms with van der Waals surface area (Å²) in [5.74, 6) is -1.92. The summed E-state index contributed by atoms with van der Waals surface area (Å²) in [6.45, 7) is 13.3. The third-order valence-electron chi connectivity index (χ3n) is 10.6. The van der Waals surface area contributed by atoms with Crippen LogP contribution in [0.15, 0.2) is 96.6 Å². The minimum atomic E-state index is -0.540. The molecule has 0 spiro atoms. The van der Waals surface area contributed by atoms with E-state index in [-0.39, 0.29) is 11.6 Å². The highest BCUT2D eigenvalue weighted by Gasteiger charge is 2.45. The van der Waals surface area contributed by atoms with Crippen LogP contribution in [0.5, 0.6) is 0 Å². The summed E-state index contributed by atoms with van der Waals surface area (Å²) in [6, 6.07) is 21.9. The van der Waals surface area contributed by atoms with Gasteiger partial charge in [0.1, 0.15) is 34.9 Å². The molecule has 6 aromatic rings. The lowest BCUT2D eigenvalue weighted by Gasteiger charge is -2.35. The van der Waals surface area contributed by atoms with Crippen molar-refractivity contribution in [2.24, 2.45) is 0 Å². The summed E-state index contributed by atoms with van der Waals surface area (Å²) in [6.07, 6.45) is 0. The number of nitrogens with zero attached hydrogens (tertiary/aromatic N) is 4. The van der Waals surface area contributed by atoms with Crippen molar-refractivity contribution in [3.05, 3.63) is 176 Å². The molecule has 8 rings (SSSR count). The second kappa shape index (κ2) is 13.3. The van der Waals surface area contributed by atoms with Crippen LogP contribution in [0.4, 0.5) is 71.8 Å². The van der Waals surface area contributed by atoms with Gasteiger partial charge in [0.25, 0.3) is 0 Å². The van der Waals surface area contributed by atoms with Gasteiger partial charge in [-0.2, -0.15) is 0 Å². The minimum absolute atomic E-state index is 0.333. The summed E-state index contributed by atoms with van der Waals surface area (Å²) in [5.41, 5.74) is 6.83. The molecule has 0 aromatic heterocycles. The predicted molar refractivity (Wildman–Crippen MR) is 212 cm³/mol. The molecule has 0 amide bonds. The van der Waals surface area contributed by atoms with Gasteiger partial charge >= 0.3 is 0 Å². The fraction of sp³-hybridized carbons (Fsp3) is 0.174. The van der Waals surface area contributed by atoms with Gasteiger partial charge in [0, 0.05) is 29.2 Å². The molecule has 0 radical (unpaired) electrons. The van der Waals surface area contributed by atoms with E-state index in [1.165, 1.54) is 30.3 Å². The fourth-order valence-corrected chi connectivity index (χ4v) is 7.98. The molecule has 284 valence electrons. The number of halogens is 6. The van der Waals surface area contributed by atoms with Crippen molar-refractivity contribution in [2.75, 3.05) is 19.6 Å². The number of rotatable bonds is 4. The number of benzene rings is 6. The lowest BCUT2D eigenvalue weighted by molar-refractivity contribution is 0.609. The fourth-order valence-electron chi connectivity index (χ4n) is 7.98. The largest absolute Gasteiger partial charge is 0.291 e. The maximum atomic E-state index is 15.6. The molecule has 2 aliphatic heterocycles. The summed E-state index contributed by atoms with van der Waals surface area (Å²) < 4.78 is 92.6. The molecule has 0 fully saturated rings. The Morgan fingerprint density at radius 2 is 0.643 bits per heavy atom. The van der Waals surface area contributed by atoms with Gasteiger partial charge in [-0.15, -0.1) is 0 Å². The average Bonchev–Trinajstić information content (AvgIpc) is 3.64. The molecule has 10 heteroatoms. The van der Waals surface area contributed by atoms with E-state index in [0.29, 0.717) is 102 Å². The van der Waals surface area contributed by atoms with E-state index in [1.54, 1.807) is 115 Å². The minimum Gasteiger partial charge on any atom is -0.291 e. The van der Waals surface area contributed by atoms with Crippen LogP contribution in [0.1, 0.15) is 44.5 Å². The van der Waals surface area contributed by atoms with Crippen molar-refractivity contribution in [2.45, 2.75) is 55.4 Å². The second-order valence-electron chi connectivity index (χ2n) is 14.8. The Morgan fingerprint density at radius 1 is 0.304 bits per heavy atom. The average molecular weight is 761 g/mol. The van der Waals surface area contributed by atoms with Crippen LogP contribution in [-0.2, 0) is 0 Å². The highest BCUT2D eigenvalue weighted by atomic mass is 19.1. The molecule has 4 nitrogen and oxygen atoms in total.